The standard InChI is InChI=1S/C15H16N2O2/c1-10-8-13(17-11(2)16-10)12-4-5-14-15(9-12)19-7-3-6-18-14/h4-5,8-9H,3,6-7H2,1-2H3. The number of nitrogens with zero attached hydrogens (tertiary/aromatic N) is 2. The number of benzene rings is 1. The molecule has 0 fully saturated rings. The first-order chi connectivity index (χ1) is 9.22. The molecule has 0 N–H and O–H groups in total. The van der Waals surface area contributed by atoms with E-state index in [1.165, 1.54) is 0 Å². The molecule has 98 valence electrons. The van der Waals surface area contributed by atoms with Crippen molar-refractivity contribution in [2.24, 2.45) is 0 Å². The molecule has 0 saturated heterocycles. The number of fused-ring (bicyclic) bond motifs is 1. The Labute approximate surface area is 112 Å². The zero-order chi connectivity index (χ0) is 13.2. The van der Waals surface area contributed by atoms with E-state index in [1.807, 2.05) is 38.1 Å². The quantitative estimate of drug-likeness (QED) is 0.787. The normalized spacial score (nSPS) is 14.0. The fourth-order valence-electron chi connectivity index (χ4n) is 2.19. The predicted octanol–water partition coefficient (Wildman–Crippen LogP) is 2.92. The van der Waals surface area contributed by atoms with E-state index in [9.17, 15) is 0 Å². The second kappa shape index (κ2) is 4.88. The molecule has 3 rings (SSSR count). The highest BCUT2D eigenvalue weighted by Crippen LogP contribution is 2.33. The molecule has 1 aliphatic heterocycles. The third-order valence-corrected chi connectivity index (χ3v) is 3.01. The van der Waals surface area contributed by atoms with Gasteiger partial charge >= 0.3 is 0 Å². The Hall–Kier alpha value is -2.10. The Morgan fingerprint density at radius 2 is 1.74 bits per heavy atom. The van der Waals surface area contributed by atoms with Gasteiger partial charge in [-0.2, -0.15) is 0 Å². The molecule has 0 aliphatic carbocycles. The SMILES string of the molecule is Cc1cc(-c2ccc3c(c2)OCCCO3)nc(C)n1. The average Bonchev–Trinajstić information content (AvgIpc) is 2.61. The zero-order valence-electron chi connectivity index (χ0n) is 11.1. The molecule has 1 aromatic carbocycles. The van der Waals surface area contributed by atoms with Crippen molar-refractivity contribution in [1.82, 2.24) is 9.97 Å². The number of aryl methyl sites for hydroxylation is 2. The molecule has 4 nitrogen and oxygen atoms in total. The monoisotopic (exact) mass is 256 g/mol. The van der Waals surface area contributed by atoms with Crippen LogP contribution in [0.3, 0.4) is 0 Å². The largest absolute Gasteiger partial charge is 0.490 e. The molecule has 2 heterocycles. The summed E-state index contributed by atoms with van der Waals surface area (Å²) < 4.78 is 11.3. The van der Waals surface area contributed by atoms with Gasteiger partial charge in [0, 0.05) is 17.7 Å². The summed E-state index contributed by atoms with van der Waals surface area (Å²) in [5.41, 5.74) is 2.91. The molecule has 0 unspecified atom stereocenters. The van der Waals surface area contributed by atoms with Crippen LogP contribution in [-0.4, -0.2) is 23.2 Å². The minimum atomic E-state index is 0.693. The third-order valence-electron chi connectivity index (χ3n) is 3.01. The van der Waals surface area contributed by atoms with Gasteiger partial charge in [0.15, 0.2) is 11.5 Å². The lowest BCUT2D eigenvalue weighted by Crippen LogP contribution is -1.97. The average molecular weight is 256 g/mol. The number of ether oxygens (including phenoxy) is 2. The van der Waals surface area contributed by atoms with Gasteiger partial charge in [0.25, 0.3) is 0 Å². The summed E-state index contributed by atoms with van der Waals surface area (Å²) in [6, 6.07) is 7.92. The molecule has 0 amide bonds. The van der Waals surface area contributed by atoms with Gasteiger partial charge in [-0.25, -0.2) is 9.97 Å². The molecule has 1 aliphatic rings. The van der Waals surface area contributed by atoms with E-state index in [2.05, 4.69) is 9.97 Å². The van der Waals surface area contributed by atoms with Crippen LogP contribution in [0.25, 0.3) is 11.3 Å². The van der Waals surface area contributed by atoms with Crippen molar-refractivity contribution in [2.45, 2.75) is 20.3 Å². The van der Waals surface area contributed by atoms with Crippen molar-refractivity contribution in [1.29, 1.82) is 0 Å². The molecular weight excluding hydrogens is 240 g/mol. The first kappa shape index (κ1) is 12.0. The Morgan fingerprint density at radius 1 is 0.947 bits per heavy atom. The highest BCUT2D eigenvalue weighted by molar-refractivity contribution is 5.64. The molecule has 4 heteroatoms. The van der Waals surface area contributed by atoms with E-state index in [-0.39, 0.29) is 0 Å². The fourth-order valence-corrected chi connectivity index (χ4v) is 2.19. The van der Waals surface area contributed by atoms with Crippen LogP contribution in [0.4, 0.5) is 0 Å². The molecular formula is C15H16N2O2. The number of hydrogen-bond donors (Lipinski definition) is 0. The summed E-state index contributed by atoms with van der Waals surface area (Å²) in [6.45, 7) is 5.27. The molecule has 19 heavy (non-hydrogen) atoms. The van der Waals surface area contributed by atoms with E-state index in [0.29, 0.717) is 13.2 Å². The highest BCUT2D eigenvalue weighted by atomic mass is 16.5. The van der Waals surface area contributed by atoms with Crippen LogP contribution in [0.5, 0.6) is 11.5 Å². The van der Waals surface area contributed by atoms with Crippen molar-refractivity contribution in [2.75, 3.05) is 13.2 Å². The first-order valence-corrected chi connectivity index (χ1v) is 6.45. The summed E-state index contributed by atoms with van der Waals surface area (Å²) in [4.78, 5) is 8.76. The van der Waals surface area contributed by atoms with Crippen molar-refractivity contribution < 1.29 is 9.47 Å². The maximum atomic E-state index is 5.70. The molecule has 0 radical (unpaired) electrons. The van der Waals surface area contributed by atoms with E-state index < -0.39 is 0 Å². The predicted molar refractivity (Wildman–Crippen MR) is 72.5 cm³/mol. The summed E-state index contributed by atoms with van der Waals surface area (Å²) in [5.74, 6) is 2.38. The van der Waals surface area contributed by atoms with E-state index in [0.717, 1.165) is 40.7 Å². The number of rotatable bonds is 1. The van der Waals surface area contributed by atoms with Gasteiger partial charge < -0.3 is 9.47 Å². The zero-order valence-corrected chi connectivity index (χ0v) is 11.1. The van der Waals surface area contributed by atoms with Crippen LogP contribution in [0.2, 0.25) is 0 Å². The van der Waals surface area contributed by atoms with Gasteiger partial charge in [-0.1, -0.05) is 0 Å². The van der Waals surface area contributed by atoms with Gasteiger partial charge in [0.2, 0.25) is 0 Å². The molecule has 0 bridgehead atoms. The maximum Gasteiger partial charge on any atom is 0.161 e. The minimum Gasteiger partial charge on any atom is -0.490 e. The van der Waals surface area contributed by atoms with Crippen molar-refractivity contribution in [3.05, 3.63) is 35.8 Å². The van der Waals surface area contributed by atoms with Gasteiger partial charge in [0.1, 0.15) is 5.82 Å². The Kier molecular flexibility index (Phi) is 3.07. The van der Waals surface area contributed by atoms with Crippen molar-refractivity contribution >= 4 is 0 Å². The number of hydrogen-bond acceptors (Lipinski definition) is 4. The lowest BCUT2D eigenvalue weighted by atomic mass is 10.1. The van der Waals surface area contributed by atoms with Gasteiger partial charge in [0.05, 0.1) is 18.9 Å². The Balaban J connectivity index is 2.03. The summed E-state index contributed by atoms with van der Waals surface area (Å²) in [6.07, 6.45) is 0.912. The van der Waals surface area contributed by atoms with E-state index in [1.54, 1.807) is 0 Å². The molecule has 1 aromatic heterocycles. The van der Waals surface area contributed by atoms with Crippen molar-refractivity contribution in [3.63, 3.8) is 0 Å². The highest BCUT2D eigenvalue weighted by Gasteiger charge is 2.12. The summed E-state index contributed by atoms with van der Waals surface area (Å²) in [7, 11) is 0. The lowest BCUT2D eigenvalue weighted by molar-refractivity contribution is 0.297. The van der Waals surface area contributed by atoms with Gasteiger partial charge in [-0.05, 0) is 38.1 Å². The van der Waals surface area contributed by atoms with Crippen LogP contribution in [0.1, 0.15) is 17.9 Å². The van der Waals surface area contributed by atoms with Gasteiger partial charge in [-0.15, -0.1) is 0 Å². The van der Waals surface area contributed by atoms with Crippen molar-refractivity contribution in [3.8, 4) is 22.8 Å². The van der Waals surface area contributed by atoms with Crippen LogP contribution in [0, 0.1) is 13.8 Å². The smallest absolute Gasteiger partial charge is 0.161 e. The first-order valence-electron chi connectivity index (χ1n) is 6.45. The third kappa shape index (κ3) is 2.52. The fraction of sp³-hybridized carbons (Fsp3) is 0.333. The second-order valence-electron chi connectivity index (χ2n) is 4.65. The summed E-state index contributed by atoms with van der Waals surface area (Å²) >= 11 is 0. The molecule has 0 atom stereocenters. The summed E-state index contributed by atoms with van der Waals surface area (Å²) in [5, 5.41) is 0. The topological polar surface area (TPSA) is 44.2 Å². The minimum absolute atomic E-state index is 0.693. The van der Waals surface area contributed by atoms with E-state index >= 15 is 0 Å². The second-order valence-corrected chi connectivity index (χ2v) is 4.65. The Morgan fingerprint density at radius 3 is 2.53 bits per heavy atom. The Bertz CT molecular complexity index is 591. The lowest BCUT2D eigenvalue weighted by Gasteiger charge is -2.09. The van der Waals surface area contributed by atoms with Crippen LogP contribution < -0.4 is 9.47 Å². The van der Waals surface area contributed by atoms with Crippen LogP contribution >= 0.6 is 0 Å². The van der Waals surface area contributed by atoms with Crippen LogP contribution in [0.15, 0.2) is 24.3 Å². The molecule has 0 saturated carbocycles. The molecule has 0 spiro atoms. The van der Waals surface area contributed by atoms with Gasteiger partial charge in [-0.3, -0.25) is 0 Å². The maximum absolute atomic E-state index is 5.70. The van der Waals surface area contributed by atoms with Crippen LogP contribution in [-0.2, 0) is 0 Å². The number of aromatic nitrogens is 2. The van der Waals surface area contributed by atoms with E-state index in [4.69, 9.17) is 9.47 Å². The molecule has 2 aromatic rings.